The van der Waals surface area contributed by atoms with Gasteiger partial charge in [0.25, 0.3) is 0 Å². The minimum absolute atomic E-state index is 0.972. The van der Waals surface area contributed by atoms with Gasteiger partial charge in [0.2, 0.25) is 5.69 Å². The minimum atomic E-state index is 0.972. The van der Waals surface area contributed by atoms with Crippen molar-refractivity contribution in [3.63, 3.8) is 0 Å². The molecule has 1 aliphatic heterocycles. The number of fused-ring (bicyclic) bond motifs is 3. The summed E-state index contributed by atoms with van der Waals surface area (Å²) in [6.45, 7) is 8.71. The van der Waals surface area contributed by atoms with Crippen LogP contribution in [0, 0.1) is 27.7 Å². The van der Waals surface area contributed by atoms with Crippen molar-refractivity contribution in [3.8, 4) is 22.8 Å². The highest BCUT2D eigenvalue weighted by atomic mass is 16.5. The SMILES string of the molecule is Cc1cc2c3c([n+](C)cc(C)c3c1)-c1c(c(C)c3ccccc3c1C)O2. The molecule has 0 bridgehead atoms. The molecule has 2 heterocycles. The van der Waals surface area contributed by atoms with Gasteiger partial charge in [0.1, 0.15) is 18.5 Å². The van der Waals surface area contributed by atoms with Crippen molar-refractivity contribution in [2.75, 3.05) is 0 Å². The van der Waals surface area contributed by atoms with Crippen LogP contribution < -0.4 is 9.30 Å². The lowest BCUT2D eigenvalue weighted by Gasteiger charge is -2.24. The molecule has 1 aromatic heterocycles. The Hall–Kier alpha value is -2.87. The van der Waals surface area contributed by atoms with Gasteiger partial charge < -0.3 is 4.74 Å². The summed E-state index contributed by atoms with van der Waals surface area (Å²) in [5, 5.41) is 5.08. The Morgan fingerprint density at radius 1 is 0.846 bits per heavy atom. The molecule has 0 saturated heterocycles. The molecule has 4 aromatic rings. The third-order valence-electron chi connectivity index (χ3n) is 5.77. The largest absolute Gasteiger partial charge is 0.455 e. The van der Waals surface area contributed by atoms with E-state index in [2.05, 4.69) is 81.9 Å². The fourth-order valence-corrected chi connectivity index (χ4v) is 4.57. The molecule has 26 heavy (non-hydrogen) atoms. The maximum absolute atomic E-state index is 6.55. The van der Waals surface area contributed by atoms with E-state index >= 15 is 0 Å². The van der Waals surface area contributed by atoms with Gasteiger partial charge in [-0.1, -0.05) is 30.3 Å². The number of aromatic nitrogens is 1. The molecule has 0 atom stereocenters. The quantitative estimate of drug-likeness (QED) is 0.324. The molecular weight excluding hydrogens is 318 g/mol. The summed E-state index contributed by atoms with van der Waals surface area (Å²) in [7, 11) is 2.14. The summed E-state index contributed by atoms with van der Waals surface area (Å²) in [5.74, 6) is 1.97. The Kier molecular flexibility index (Phi) is 3.00. The third-order valence-corrected chi connectivity index (χ3v) is 5.77. The molecule has 2 heteroatoms. The highest BCUT2D eigenvalue weighted by Gasteiger charge is 2.32. The van der Waals surface area contributed by atoms with Crippen molar-refractivity contribution in [2.24, 2.45) is 7.05 Å². The Morgan fingerprint density at radius 2 is 1.54 bits per heavy atom. The van der Waals surface area contributed by atoms with Crippen molar-refractivity contribution in [3.05, 3.63) is 64.8 Å². The second-order valence-electron chi connectivity index (χ2n) is 7.56. The lowest BCUT2D eigenvalue weighted by atomic mass is 9.88. The fraction of sp³-hybridized carbons (Fsp3) is 0.208. The standard InChI is InChI=1S/C24H22NO/c1-13-10-19-14(2)12-25(5)23-21-15(3)17-8-6-7-9-18(17)16(4)24(21)26-20(11-13)22(19)23/h6-12H,1-5H3/q+1. The molecule has 3 aromatic carbocycles. The van der Waals surface area contributed by atoms with Crippen molar-refractivity contribution in [2.45, 2.75) is 27.7 Å². The van der Waals surface area contributed by atoms with Crippen molar-refractivity contribution in [1.29, 1.82) is 0 Å². The summed E-state index contributed by atoms with van der Waals surface area (Å²) in [4.78, 5) is 0. The number of hydrogen-bond donors (Lipinski definition) is 0. The molecule has 0 spiro atoms. The minimum Gasteiger partial charge on any atom is -0.455 e. The Balaban J connectivity index is 2.05. The molecule has 0 saturated carbocycles. The molecule has 0 N–H and O–H groups in total. The van der Waals surface area contributed by atoms with Gasteiger partial charge in [-0.15, -0.1) is 0 Å². The number of benzene rings is 3. The van der Waals surface area contributed by atoms with Crippen LogP contribution in [0.5, 0.6) is 11.5 Å². The van der Waals surface area contributed by atoms with Gasteiger partial charge in [-0.25, -0.2) is 0 Å². The van der Waals surface area contributed by atoms with Crippen LogP contribution in [0.25, 0.3) is 32.8 Å². The second-order valence-corrected chi connectivity index (χ2v) is 7.56. The van der Waals surface area contributed by atoms with Crippen LogP contribution in [0.15, 0.2) is 42.6 Å². The van der Waals surface area contributed by atoms with E-state index in [0.717, 1.165) is 11.5 Å². The number of rotatable bonds is 0. The van der Waals surface area contributed by atoms with Gasteiger partial charge in [-0.05, 0) is 55.7 Å². The van der Waals surface area contributed by atoms with Gasteiger partial charge in [-0.3, -0.25) is 0 Å². The first-order chi connectivity index (χ1) is 12.5. The van der Waals surface area contributed by atoms with E-state index in [1.807, 2.05) is 0 Å². The van der Waals surface area contributed by atoms with Crippen LogP contribution in [0.2, 0.25) is 0 Å². The Labute approximate surface area is 153 Å². The predicted octanol–water partition coefficient (Wildman–Crippen LogP) is 5.82. The monoisotopic (exact) mass is 340 g/mol. The topological polar surface area (TPSA) is 13.1 Å². The maximum Gasteiger partial charge on any atom is 0.228 e. The van der Waals surface area contributed by atoms with Crippen LogP contribution >= 0.6 is 0 Å². The molecule has 0 amide bonds. The van der Waals surface area contributed by atoms with Crippen molar-refractivity contribution < 1.29 is 9.30 Å². The lowest BCUT2D eigenvalue weighted by Crippen LogP contribution is -2.32. The summed E-state index contributed by atoms with van der Waals surface area (Å²) < 4.78 is 8.81. The summed E-state index contributed by atoms with van der Waals surface area (Å²) in [6, 6.07) is 13.1. The normalized spacial score (nSPS) is 12.3. The van der Waals surface area contributed by atoms with E-state index < -0.39 is 0 Å². The van der Waals surface area contributed by atoms with Crippen LogP contribution in [0.4, 0.5) is 0 Å². The first-order valence-corrected chi connectivity index (χ1v) is 9.11. The Morgan fingerprint density at radius 3 is 2.27 bits per heavy atom. The van der Waals surface area contributed by atoms with Gasteiger partial charge in [0.05, 0.1) is 10.9 Å². The van der Waals surface area contributed by atoms with Crippen molar-refractivity contribution in [1.82, 2.24) is 0 Å². The molecule has 128 valence electrons. The fourth-order valence-electron chi connectivity index (χ4n) is 4.57. The lowest BCUT2D eigenvalue weighted by molar-refractivity contribution is -0.659. The van der Waals surface area contributed by atoms with E-state index in [9.17, 15) is 0 Å². The number of hydrogen-bond acceptors (Lipinski definition) is 1. The van der Waals surface area contributed by atoms with Crippen LogP contribution in [-0.4, -0.2) is 0 Å². The van der Waals surface area contributed by atoms with Crippen molar-refractivity contribution >= 4 is 21.5 Å². The van der Waals surface area contributed by atoms with E-state index in [1.165, 1.54) is 55.1 Å². The molecule has 2 nitrogen and oxygen atoms in total. The van der Waals surface area contributed by atoms with Crippen LogP contribution in [0.1, 0.15) is 22.3 Å². The van der Waals surface area contributed by atoms with E-state index in [0.29, 0.717) is 0 Å². The van der Waals surface area contributed by atoms with Gasteiger partial charge in [-0.2, -0.15) is 4.57 Å². The number of nitrogens with zero attached hydrogens (tertiary/aromatic N) is 1. The molecule has 1 aliphatic rings. The molecular formula is C24H22NO+. The van der Waals surface area contributed by atoms with Crippen LogP contribution in [-0.2, 0) is 7.05 Å². The number of ether oxygens (including phenoxy) is 1. The zero-order chi connectivity index (χ0) is 18.2. The first kappa shape index (κ1) is 15.4. The molecule has 0 aliphatic carbocycles. The number of aryl methyl sites for hydroxylation is 5. The summed E-state index contributed by atoms with van der Waals surface area (Å²) in [6.07, 6.45) is 2.24. The third kappa shape index (κ3) is 1.84. The highest BCUT2D eigenvalue weighted by Crippen LogP contribution is 2.50. The molecule has 0 fully saturated rings. The average Bonchev–Trinajstić information content (AvgIpc) is 2.62. The van der Waals surface area contributed by atoms with Gasteiger partial charge >= 0.3 is 0 Å². The first-order valence-electron chi connectivity index (χ1n) is 9.11. The summed E-state index contributed by atoms with van der Waals surface area (Å²) >= 11 is 0. The molecule has 5 rings (SSSR count). The smallest absolute Gasteiger partial charge is 0.228 e. The summed E-state index contributed by atoms with van der Waals surface area (Å²) in [5.41, 5.74) is 7.49. The maximum atomic E-state index is 6.55. The predicted molar refractivity (Wildman–Crippen MR) is 107 cm³/mol. The van der Waals surface area contributed by atoms with Crippen LogP contribution in [0.3, 0.4) is 0 Å². The van der Waals surface area contributed by atoms with Gasteiger partial charge in [0.15, 0.2) is 6.20 Å². The van der Waals surface area contributed by atoms with E-state index in [4.69, 9.17) is 4.74 Å². The zero-order valence-electron chi connectivity index (χ0n) is 15.9. The molecule has 0 radical (unpaired) electrons. The van der Waals surface area contributed by atoms with E-state index in [1.54, 1.807) is 0 Å². The second kappa shape index (κ2) is 5.07. The van der Waals surface area contributed by atoms with Gasteiger partial charge in [0, 0.05) is 16.5 Å². The number of pyridine rings is 1. The average molecular weight is 340 g/mol. The highest BCUT2D eigenvalue weighted by molar-refractivity contribution is 6.07. The zero-order valence-corrected chi connectivity index (χ0v) is 15.9. The molecule has 0 unspecified atom stereocenters. The Bertz CT molecular complexity index is 1250. The van der Waals surface area contributed by atoms with E-state index in [-0.39, 0.29) is 0 Å².